The summed E-state index contributed by atoms with van der Waals surface area (Å²) < 4.78 is 46.7. The molecule has 1 saturated heterocycles. The van der Waals surface area contributed by atoms with Gasteiger partial charge in [0.25, 0.3) is 5.91 Å². The molecule has 1 aliphatic rings. The van der Waals surface area contributed by atoms with Crippen molar-refractivity contribution in [1.82, 2.24) is 14.5 Å². The number of aromatic nitrogens is 2. The van der Waals surface area contributed by atoms with Crippen molar-refractivity contribution in [1.29, 1.82) is 0 Å². The van der Waals surface area contributed by atoms with E-state index >= 15 is 0 Å². The molecule has 0 aliphatic carbocycles. The van der Waals surface area contributed by atoms with E-state index in [2.05, 4.69) is 4.98 Å². The summed E-state index contributed by atoms with van der Waals surface area (Å²) in [6, 6.07) is 5.33. The highest BCUT2D eigenvalue weighted by Gasteiger charge is 2.32. The van der Waals surface area contributed by atoms with E-state index in [1.165, 1.54) is 0 Å². The highest BCUT2D eigenvalue weighted by molar-refractivity contribution is 6.38. The van der Waals surface area contributed by atoms with Crippen LogP contribution in [0.5, 0.6) is 0 Å². The summed E-state index contributed by atoms with van der Waals surface area (Å²) in [6.45, 7) is 4.68. The smallest absolute Gasteiger partial charge is 0.416 e. The number of hydrogen-bond acceptors (Lipinski definition) is 4. The zero-order valence-electron chi connectivity index (χ0n) is 21.3. The molecule has 1 fully saturated rings. The summed E-state index contributed by atoms with van der Waals surface area (Å²) >= 11 is 13.2. The average Bonchev–Trinajstić information content (AvgIpc) is 3.17. The van der Waals surface area contributed by atoms with Crippen LogP contribution >= 0.6 is 23.2 Å². The highest BCUT2D eigenvalue weighted by Crippen LogP contribution is 2.35. The SMILES string of the molecule is CCOC(=O)CC1CCN(C(=O)c2ccc(Cl)c(Cc3nc4c(C)cc(C(F)(F)F)cc4n3C)c2Cl)CC1. The second-order valence-electron chi connectivity index (χ2n) is 9.55. The number of halogens is 5. The number of hydrogen-bond donors (Lipinski definition) is 0. The molecule has 204 valence electrons. The third-order valence-corrected chi connectivity index (χ3v) is 7.80. The number of fused-ring (bicyclic) bond motifs is 1. The lowest BCUT2D eigenvalue weighted by Crippen LogP contribution is -2.39. The Morgan fingerprint density at radius 3 is 2.47 bits per heavy atom. The third kappa shape index (κ3) is 5.78. The van der Waals surface area contributed by atoms with E-state index in [0.717, 1.165) is 12.1 Å². The molecule has 0 N–H and O–H groups in total. The largest absolute Gasteiger partial charge is 0.466 e. The summed E-state index contributed by atoms with van der Waals surface area (Å²) in [5.41, 5.74) is 1.24. The van der Waals surface area contributed by atoms with Crippen molar-refractivity contribution in [3.63, 3.8) is 0 Å². The fraction of sp³-hybridized carbons (Fsp3) is 0.444. The van der Waals surface area contributed by atoms with Crippen LogP contribution in [0, 0.1) is 12.8 Å². The van der Waals surface area contributed by atoms with Gasteiger partial charge in [0.05, 0.1) is 33.8 Å². The van der Waals surface area contributed by atoms with Crippen LogP contribution in [0.25, 0.3) is 11.0 Å². The van der Waals surface area contributed by atoms with Gasteiger partial charge in [0.1, 0.15) is 5.82 Å². The monoisotopic (exact) mass is 569 g/mol. The Morgan fingerprint density at radius 2 is 1.84 bits per heavy atom. The van der Waals surface area contributed by atoms with E-state index in [9.17, 15) is 22.8 Å². The van der Waals surface area contributed by atoms with Crippen LogP contribution in [-0.4, -0.2) is 46.0 Å². The lowest BCUT2D eigenvalue weighted by atomic mass is 9.93. The summed E-state index contributed by atoms with van der Waals surface area (Å²) in [7, 11) is 1.64. The maximum Gasteiger partial charge on any atom is 0.416 e. The Hall–Kier alpha value is -2.78. The van der Waals surface area contributed by atoms with Crippen molar-refractivity contribution < 1.29 is 27.5 Å². The number of amides is 1. The normalized spacial score (nSPS) is 14.8. The van der Waals surface area contributed by atoms with Crippen molar-refractivity contribution in [2.45, 2.75) is 45.7 Å². The summed E-state index contributed by atoms with van der Waals surface area (Å²) in [5, 5.41) is 0.523. The molecule has 2 aromatic carbocycles. The number of piperidine rings is 1. The number of carbonyl (C=O) groups excluding carboxylic acids is 2. The zero-order valence-corrected chi connectivity index (χ0v) is 22.8. The van der Waals surface area contributed by atoms with Crippen LogP contribution in [0.15, 0.2) is 24.3 Å². The van der Waals surface area contributed by atoms with Gasteiger partial charge in [0.15, 0.2) is 0 Å². The molecule has 0 bridgehead atoms. The minimum Gasteiger partial charge on any atom is -0.466 e. The van der Waals surface area contributed by atoms with E-state index in [-0.39, 0.29) is 29.2 Å². The molecule has 2 heterocycles. The molecule has 0 unspecified atom stereocenters. The van der Waals surface area contributed by atoms with Crippen LogP contribution in [0.1, 0.15) is 59.1 Å². The maximum absolute atomic E-state index is 13.3. The fourth-order valence-corrected chi connectivity index (χ4v) is 5.46. The molecule has 3 aromatic rings. The highest BCUT2D eigenvalue weighted by atomic mass is 35.5. The molecule has 1 aliphatic heterocycles. The molecule has 0 saturated carbocycles. The van der Waals surface area contributed by atoms with E-state index in [1.54, 1.807) is 42.5 Å². The number of alkyl halides is 3. The summed E-state index contributed by atoms with van der Waals surface area (Å²) in [5.74, 6) is 0.163. The van der Waals surface area contributed by atoms with E-state index < -0.39 is 11.7 Å². The van der Waals surface area contributed by atoms with E-state index in [4.69, 9.17) is 27.9 Å². The molecule has 1 amide bonds. The van der Waals surface area contributed by atoms with Crippen molar-refractivity contribution in [2.24, 2.45) is 13.0 Å². The Labute approximate surface area is 228 Å². The topological polar surface area (TPSA) is 64.4 Å². The van der Waals surface area contributed by atoms with Gasteiger partial charge in [-0.1, -0.05) is 23.2 Å². The molecule has 4 rings (SSSR count). The standard InChI is InChI=1S/C27H28Cl2F3N3O3/c1-4-38-23(36)12-16-7-9-35(10-8-16)26(37)18-5-6-20(28)19(24(18)29)14-22-33-25-15(2)11-17(27(30,31)32)13-21(25)34(22)3/h5-6,11,13,16H,4,7-10,12,14H2,1-3H3. The number of benzene rings is 2. The lowest BCUT2D eigenvalue weighted by molar-refractivity contribution is -0.144. The molecule has 11 heteroatoms. The Balaban J connectivity index is 1.56. The van der Waals surface area contributed by atoms with Crippen molar-refractivity contribution in [3.05, 3.63) is 62.4 Å². The minimum atomic E-state index is -4.47. The number of esters is 1. The first-order chi connectivity index (χ1) is 17.9. The first-order valence-electron chi connectivity index (χ1n) is 12.4. The van der Waals surface area contributed by atoms with Gasteiger partial charge in [-0.25, -0.2) is 4.98 Å². The first kappa shape index (κ1) is 28.2. The quantitative estimate of drug-likeness (QED) is 0.313. The van der Waals surface area contributed by atoms with E-state index in [0.29, 0.717) is 77.5 Å². The number of carbonyl (C=O) groups is 2. The number of imidazole rings is 1. The van der Waals surface area contributed by atoms with Crippen LogP contribution in [0.3, 0.4) is 0 Å². The average molecular weight is 570 g/mol. The number of likely N-dealkylation sites (tertiary alicyclic amines) is 1. The number of aryl methyl sites for hydroxylation is 2. The number of nitrogens with zero attached hydrogens (tertiary/aromatic N) is 3. The summed E-state index contributed by atoms with van der Waals surface area (Å²) in [6.07, 6.45) is -2.64. The van der Waals surface area contributed by atoms with Gasteiger partial charge in [-0.05, 0) is 68.0 Å². The van der Waals surface area contributed by atoms with Gasteiger partial charge >= 0.3 is 12.1 Å². The molecular formula is C27H28Cl2F3N3O3. The predicted octanol–water partition coefficient (Wildman–Crippen LogP) is 6.60. The fourth-order valence-electron chi connectivity index (χ4n) is 4.88. The molecule has 6 nitrogen and oxygen atoms in total. The zero-order chi connectivity index (χ0) is 27.8. The van der Waals surface area contributed by atoms with Crippen molar-refractivity contribution in [3.8, 4) is 0 Å². The van der Waals surface area contributed by atoms with Gasteiger partial charge in [-0.3, -0.25) is 9.59 Å². The maximum atomic E-state index is 13.3. The predicted molar refractivity (Wildman–Crippen MR) is 140 cm³/mol. The molecule has 0 radical (unpaired) electrons. The first-order valence-corrected chi connectivity index (χ1v) is 13.1. The van der Waals surface area contributed by atoms with Crippen molar-refractivity contribution in [2.75, 3.05) is 19.7 Å². The van der Waals surface area contributed by atoms with Crippen LogP contribution in [0.2, 0.25) is 10.0 Å². The molecule has 0 atom stereocenters. The van der Waals surface area contributed by atoms with Gasteiger partial charge in [0, 0.05) is 38.0 Å². The summed E-state index contributed by atoms with van der Waals surface area (Å²) in [4.78, 5) is 31.4. The van der Waals surface area contributed by atoms with Gasteiger partial charge < -0.3 is 14.2 Å². The molecular weight excluding hydrogens is 542 g/mol. The number of ether oxygens (including phenoxy) is 1. The van der Waals surface area contributed by atoms with Crippen LogP contribution < -0.4 is 0 Å². The Bertz CT molecular complexity index is 1380. The van der Waals surface area contributed by atoms with Crippen molar-refractivity contribution >= 4 is 46.1 Å². The number of rotatable bonds is 6. The lowest BCUT2D eigenvalue weighted by Gasteiger charge is -2.32. The third-order valence-electron chi connectivity index (χ3n) is 7.01. The van der Waals surface area contributed by atoms with Gasteiger partial charge in [-0.15, -0.1) is 0 Å². The second kappa shape index (κ2) is 11.1. The molecule has 38 heavy (non-hydrogen) atoms. The Morgan fingerprint density at radius 1 is 1.16 bits per heavy atom. The molecule has 1 aromatic heterocycles. The van der Waals surface area contributed by atoms with Crippen LogP contribution in [-0.2, 0) is 29.2 Å². The minimum absolute atomic E-state index is 0.131. The molecule has 0 spiro atoms. The van der Waals surface area contributed by atoms with Gasteiger partial charge in [-0.2, -0.15) is 13.2 Å². The van der Waals surface area contributed by atoms with Gasteiger partial charge in [0.2, 0.25) is 0 Å². The van der Waals surface area contributed by atoms with Crippen LogP contribution in [0.4, 0.5) is 13.2 Å². The second-order valence-corrected chi connectivity index (χ2v) is 10.3. The van der Waals surface area contributed by atoms with E-state index in [1.807, 2.05) is 0 Å². The Kier molecular flexibility index (Phi) is 8.28.